The second-order valence-electron chi connectivity index (χ2n) is 6.61. The second kappa shape index (κ2) is 6.35. The summed E-state index contributed by atoms with van der Waals surface area (Å²) in [6, 6.07) is 12.4. The van der Waals surface area contributed by atoms with Gasteiger partial charge in [0.25, 0.3) is 0 Å². The summed E-state index contributed by atoms with van der Waals surface area (Å²) >= 11 is 0. The Morgan fingerprint density at radius 3 is 2.48 bits per heavy atom. The molecule has 0 radical (unpaired) electrons. The van der Waals surface area contributed by atoms with Gasteiger partial charge in [-0.05, 0) is 74.0 Å². The van der Waals surface area contributed by atoms with Gasteiger partial charge in [-0.15, -0.1) is 0 Å². The zero-order chi connectivity index (χ0) is 17.4. The molecule has 1 fully saturated rings. The molecule has 5 nitrogen and oxygen atoms in total. The Kier molecular flexibility index (Phi) is 4.17. The van der Waals surface area contributed by atoms with Gasteiger partial charge in [0.05, 0.1) is 16.9 Å². The first-order chi connectivity index (χ1) is 12.1. The summed E-state index contributed by atoms with van der Waals surface area (Å²) in [6.07, 6.45) is 2.08. The molecule has 0 amide bonds. The van der Waals surface area contributed by atoms with Gasteiger partial charge in [-0.1, -0.05) is 0 Å². The zero-order valence-corrected chi connectivity index (χ0v) is 15.0. The number of rotatable bonds is 3. The molecule has 0 aliphatic carbocycles. The van der Waals surface area contributed by atoms with Gasteiger partial charge >= 0.3 is 0 Å². The lowest BCUT2D eigenvalue weighted by atomic mass is 9.91. The molecule has 2 aliphatic rings. The van der Waals surface area contributed by atoms with Crippen molar-refractivity contribution in [1.82, 2.24) is 5.32 Å². The SMILES string of the molecule is COc1ccc(S(=O)(=O)c2ccc3c(c2)[C@@H]2CCNCC[C@H]2N3)cc1. The van der Waals surface area contributed by atoms with E-state index in [9.17, 15) is 8.42 Å². The van der Waals surface area contributed by atoms with E-state index >= 15 is 0 Å². The topological polar surface area (TPSA) is 67.4 Å². The van der Waals surface area contributed by atoms with Gasteiger partial charge in [-0.2, -0.15) is 0 Å². The van der Waals surface area contributed by atoms with E-state index in [1.165, 1.54) is 0 Å². The molecule has 4 rings (SSSR count). The first-order valence-corrected chi connectivity index (χ1v) is 10.1. The Hall–Kier alpha value is -2.05. The van der Waals surface area contributed by atoms with Gasteiger partial charge in [0.15, 0.2) is 0 Å². The minimum Gasteiger partial charge on any atom is -0.497 e. The third-order valence-corrected chi connectivity index (χ3v) is 6.96. The highest BCUT2D eigenvalue weighted by molar-refractivity contribution is 7.91. The van der Waals surface area contributed by atoms with Crippen molar-refractivity contribution in [3.63, 3.8) is 0 Å². The van der Waals surface area contributed by atoms with Crippen LogP contribution in [0.4, 0.5) is 5.69 Å². The number of fused-ring (bicyclic) bond motifs is 3. The number of sulfone groups is 1. The van der Waals surface area contributed by atoms with Crippen LogP contribution in [0, 0.1) is 0 Å². The summed E-state index contributed by atoms with van der Waals surface area (Å²) in [5, 5.41) is 6.98. The van der Waals surface area contributed by atoms with E-state index in [-0.39, 0.29) is 0 Å². The molecule has 6 heteroatoms. The molecule has 2 atom stereocenters. The summed E-state index contributed by atoms with van der Waals surface area (Å²) in [5.41, 5.74) is 2.20. The van der Waals surface area contributed by atoms with Crippen molar-refractivity contribution in [2.45, 2.75) is 34.6 Å². The molecule has 0 spiro atoms. The number of hydrogen-bond donors (Lipinski definition) is 2. The lowest BCUT2D eigenvalue weighted by Crippen LogP contribution is -2.21. The van der Waals surface area contributed by atoms with Crippen LogP contribution in [0.15, 0.2) is 52.3 Å². The largest absolute Gasteiger partial charge is 0.497 e. The molecule has 0 saturated carbocycles. The van der Waals surface area contributed by atoms with Crippen molar-refractivity contribution >= 4 is 15.5 Å². The molecule has 0 unspecified atom stereocenters. The summed E-state index contributed by atoms with van der Waals surface area (Å²) in [6.45, 7) is 1.97. The summed E-state index contributed by atoms with van der Waals surface area (Å²) in [4.78, 5) is 0.648. The van der Waals surface area contributed by atoms with Crippen molar-refractivity contribution in [3.05, 3.63) is 48.0 Å². The Labute approximate surface area is 148 Å². The highest BCUT2D eigenvalue weighted by Crippen LogP contribution is 2.41. The fourth-order valence-electron chi connectivity index (χ4n) is 3.82. The highest BCUT2D eigenvalue weighted by Gasteiger charge is 2.34. The lowest BCUT2D eigenvalue weighted by Gasteiger charge is -2.16. The average molecular weight is 358 g/mol. The van der Waals surface area contributed by atoms with Gasteiger partial charge in [-0.25, -0.2) is 8.42 Å². The summed E-state index contributed by atoms with van der Waals surface area (Å²) in [5.74, 6) is 1.02. The van der Waals surface area contributed by atoms with Crippen molar-refractivity contribution in [3.8, 4) is 5.75 Å². The van der Waals surface area contributed by atoms with E-state index in [0.717, 1.165) is 37.2 Å². The minimum atomic E-state index is -3.53. The van der Waals surface area contributed by atoms with Crippen molar-refractivity contribution in [2.24, 2.45) is 0 Å². The summed E-state index contributed by atoms with van der Waals surface area (Å²) < 4.78 is 31.1. The van der Waals surface area contributed by atoms with Gasteiger partial charge in [0.2, 0.25) is 9.84 Å². The number of benzene rings is 2. The van der Waals surface area contributed by atoms with E-state index in [4.69, 9.17) is 4.74 Å². The van der Waals surface area contributed by atoms with Gasteiger partial charge in [-0.3, -0.25) is 0 Å². The summed E-state index contributed by atoms with van der Waals surface area (Å²) in [7, 11) is -1.97. The maximum absolute atomic E-state index is 13.0. The fourth-order valence-corrected chi connectivity index (χ4v) is 5.12. The molecule has 132 valence electrons. The molecule has 2 aromatic rings. The second-order valence-corrected chi connectivity index (χ2v) is 8.56. The van der Waals surface area contributed by atoms with Crippen LogP contribution in [0.3, 0.4) is 0 Å². The number of nitrogens with one attached hydrogen (secondary N) is 2. The Morgan fingerprint density at radius 1 is 1.00 bits per heavy atom. The number of ether oxygens (including phenoxy) is 1. The van der Waals surface area contributed by atoms with Crippen LogP contribution in [0.5, 0.6) is 5.75 Å². The third kappa shape index (κ3) is 2.89. The molecular formula is C19H22N2O3S. The fraction of sp³-hybridized carbons (Fsp3) is 0.368. The van der Waals surface area contributed by atoms with Crippen molar-refractivity contribution < 1.29 is 13.2 Å². The van der Waals surface area contributed by atoms with E-state index < -0.39 is 9.84 Å². The minimum absolute atomic E-state index is 0.290. The van der Waals surface area contributed by atoms with Crippen LogP contribution in [0.25, 0.3) is 0 Å². The predicted molar refractivity (Wildman–Crippen MR) is 97.1 cm³/mol. The quantitative estimate of drug-likeness (QED) is 0.883. The van der Waals surface area contributed by atoms with Gasteiger partial charge in [0.1, 0.15) is 5.75 Å². The van der Waals surface area contributed by atoms with Crippen LogP contribution >= 0.6 is 0 Å². The maximum Gasteiger partial charge on any atom is 0.206 e. The maximum atomic E-state index is 13.0. The molecule has 2 aliphatic heterocycles. The first-order valence-electron chi connectivity index (χ1n) is 8.60. The molecular weight excluding hydrogens is 336 g/mol. The van der Waals surface area contributed by atoms with Crippen molar-refractivity contribution in [2.75, 3.05) is 25.5 Å². The van der Waals surface area contributed by atoms with Crippen LogP contribution in [0.2, 0.25) is 0 Å². The molecule has 25 heavy (non-hydrogen) atoms. The van der Waals surface area contributed by atoms with E-state index in [2.05, 4.69) is 10.6 Å². The monoisotopic (exact) mass is 358 g/mol. The zero-order valence-electron chi connectivity index (χ0n) is 14.2. The highest BCUT2D eigenvalue weighted by atomic mass is 32.2. The Balaban J connectivity index is 1.71. The number of methoxy groups -OCH3 is 1. The smallest absolute Gasteiger partial charge is 0.206 e. The van der Waals surface area contributed by atoms with Crippen LogP contribution < -0.4 is 15.4 Å². The van der Waals surface area contributed by atoms with E-state index in [1.807, 2.05) is 12.1 Å². The molecule has 0 bridgehead atoms. The predicted octanol–water partition coefficient (Wildman–Crippen LogP) is 2.79. The molecule has 2 heterocycles. The van der Waals surface area contributed by atoms with Crippen LogP contribution in [0.1, 0.15) is 24.3 Å². The average Bonchev–Trinajstić information content (AvgIpc) is 2.82. The Morgan fingerprint density at radius 2 is 1.72 bits per heavy atom. The lowest BCUT2D eigenvalue weighted by molar-refractivity contribution is 0.414. The number of hydrogen-bond acceptors (Lipinski definition) is 5. The van der Waals surface area contributed by atoms with Crippen LogP contribution in [-0.2, 0) is 9.84 Å². The molecule has 2 aromatic carbocycles. The third-order valence-electron chi connectivity index (χ3n) is 5.19. The normalized spacial score (nSPS) is 22.4. The van der Waals surface area contributed by atoms with Gasteiger partial charge in [0, 0.05) is 17.6 Å². The van der Waals surface area contributed by atoms with E-state index in [0.29, 0.717) is 27.5 Å². The van der Waals surface area contributed by atoms with E-state index in [1.54, 1.807) is 37.4 Å². The van der Waals surface area contributed by atoms with Crippen molar-refractivity contribution in [1.29, 1.82) is 0 Å². The Bertz CT molecular complexity index is 878. The molecule has 1 saturated heterocycles. The molecule has 2 N–H and O–H groups in total. The van der Waals surface area contributed by atoms with Gasteiger partial charge < -0.3 is 15.4 Å². The molecule has 0 aromatic heterocycles. The number of anilines is 1. The van der Waals surface area contributed by atoms with Crippen LogP contribution in [-0.4, -0.2) is 34.7 Å². The first kappa shape index (κ1) is 16.4. The standard InChI is InChI=1S/C19H22N2O3S/c1-24-13-2-4-14(5-3-13)25(22,23)15-6-7-18-17(12-15)16-8-10-20-11-9-19(16)21-18/h2-7,12,16,19-21H,8-11H2,1H3/t16-,19+/m0/s1.